The summed E-state index contributed by atoms with van der Waals surface area (Å²) in [6.07, 6.45) is 1.04. The van der Waals surface area contributed by atoms with Gasteiger partial charge in [-0.3, -0.25) is 0 Å². The molecule has 0 aliphatic heterocycles. The lowest BCUT2D eigenvalue weighted by molar-refractivity contribution is 0.525. The molecule has 1 aromatic rings. The molecule has 5 heteroatoms. The summed E-state index contributed by atoms with van der Waals surface area (Å²) in [6.45, 7) is 5.88. The Kier molecular flexibility index (Phi) is 3.81. The first-order chi connectivity index (χ1) is 6.79. The first-order valence-corrected chi connectivity index (χ1v) is 6.99. The minimum Gasteiger partial charge on any atom is -0.199 e. The second-order valence-electron chi connectivity index (χ2n) is 3.58. The Labute approximate surface area is 95.2 Å². The van der Waals surface area contributed by atoms with Gasteiger partial charge >= 0.3 is 0 Å². The van der Waals surface area contributed by atoms with E-state index in [1.54, 1.807) is 0 Å². The van der Waals surface area contributed by atoms with Gasteiger partial charge in [-0.25, -0.2) is 0 Å². The summed E-state index contributed by atoms with van der Waals surface area (Å²) in [4.78, 5) is 0.867. The van der Waals surface area contributed by atoms with E-state index in [2.05, 4.69) is 0 Å². The first kappa shape index (κ1) is 12.5. The van der Waals surface area contributed by atoms with Gasteiger partial charge in [0.2, 0.25) is 0 Å². The molecule has 0 saturated carbocycles. The molecule has 0 fully saturated rings. The zero-order valence-electron chi connectivity index (χ0n) is 9.20. The topological polar surface area (TPSA) is 43.4 Å². The van der Waals surface area contributed by atoms with Gasteiger partial charge in [-0.1, -0.05) is 17.7 Å². The summed E-state index contributed by atoms with van der Waals surface area (Å²) in [5.41, 5.74) is 3.22. The molecule has 84 valence electrons. The Morgan fingerprint density at radius 1 is 1.13 bits per heavy atom. The van der Waals surface area contributed by atoms with Crippen LogP contribution in [0, 0.1) is 20.8 Å². The molecule has 3 nitrogen and oxygen atoms in total. The van der Waals surface area contributed by atoms with Gasteiger partial charge in [-0.2, -0.15) is 12.0 Å². The van der Waals surface area contributed by atoms with Crippen LogP contribution in [0.3, 0.4) is 0 Å². The van der Waals surface area contributed by atoms with Crippen LogP contribution in [0.25, 0.3) is 0 Å². The highest BCUT2D eigenvalue weighted by molar-refractivity contribution is 8.04. The fourth-order valence-corrected chi connectivity index (χ4v) is 2.54. The molecule has 0 radical (unpaired) electrons. The summed E-state index contributed by atoms with van der Waals surface area (Å²) >= 11 is 0.901. The summed E-state index contributed by atoms with van der Waals surface area (Å²) in [5, 5.41) is 0. The lowest BCUT2D eigenvalue weighted by atomic mass is 10.1. The van der Waals surface area contributed by atoms with E-state index in [1.165, 1.54) is 0 Å². The summed E-state index contributed by atoms with van der Waals surface area (Å²) in [6, 6.07) is 4.00. The van der Waals surface area contributed by atoms with Crippen molar-refractivity contribution in [2.75, 3.05) is 6.26 Å². The van der Waals surface area contributed by atoms with Crippen molar-refractivity contribution in [3.8, 4) is 0 Å². The molecule has 0 unspecified atom stereocenters. The van der Waals surface area contributed by atoms with E-state index in [4.69, 9.17) is 3.63 Å². The molecule has 0 aliphatic rings. The molecule has 1 rings (SSSR count). The quantitative estimate of drug-likeness (QED) is 0.769. The van der Waals surface area contributed by atoms with Gasteiger partial charge in [-0.15, -0.1) is 0 Å². The number of benzene rings is 1. The van der Waals surface area contributed by atoms with Crippen LogP contribution in [0.4, 0.5) is 0 Å². The second-order valence-corrected chi connectivity index (χ2v) is 6.11. The molecule has 0 aromatic heterocycles. The number of hydrogen-bond acceptors (Lipinski definition) is 4. The van der Waals surface area contributed by atoms with Crippen molar-refractivity contribution >= 4 is 22.2 Å². The SMILES string of the molecule is Cc1cc(C)c(SOS(C)(=O)=O)c(C)c1. The highest BCUT2D eigenvalue weighted by Gasteiger charge is 2.09. The van der Waals surface area contributed by atoms with Crippen LogP contribution in [0.5, 0.6) is 0 Å². The second kappa shape index (κ2) is 4.55. The fraction of sp³-hybridized carbons (Fsp3) is 0.400. The van der Waals surface area contributed by atoms with E-state index in [-0.39, 0.29) is 0 Å². The van der Waals surface area contributed by atoms with Gasteiger partial charge in [-0.05, 0) is 31.9 Å². The third-order valence-electron chi connectivity index (χ3n) is 1.85. The largest absolute Gasteiger partial charge is 0.275 e. The monoisotopic (exact) mass is 246 g/mol. The molecule has 0 spiro atoms. The van der Waals surface area contributed by atoms with E-state index in [0.717, 1.165) is 39.9 Å². The van der Waals surface area contributed by atoms with Crippen LogP contribution >= 0.6 is 12.0 Å². The summed E-state index contributed by atoms with van der Waals surface area (Å²) in [7, 11) is -3.40. The highest BCUT2D eigenvalue weighted by Crippen LogP contribution is 2.29. The molecule has 0 bridgehead atoms. The molecule has 15 heavy (non-hydrogen) atoms. The van der Waals surface area contributed by atoms with E-state index < -0.39 is 10.1 Å². The highest BCUT2D eigenvalue weighted by atomic mass is 32.3. The van der Waals surface area contributed by atoms with Crippen molar-refractivity contribution in [1.29, 1.82) is 0 Å². The maximum absolute atomic E-state index is 10.9. The lowest BCUT2D eigenvalue weighted by Gasteiger charge is -2.08. The molecule has 0 atom stereocenters. The van der Waals surface area contributed by atoms with Crippen LogP contribution < -0.4 is 0 Å². The average Bonchev–Trinajstić information content (AvgIpc) is 1.99. The number of rotatable bonds is 3. The van der Waals surface area contributed by atoms with Crippen LogP contribution in [-0.4, -0.2) is 14.7 Å². The third kappa shape index (κ3) is 3.85. The zero-order chi connectivity index (χ0) is 11.6. The molecule has 0 heterocycles. The van der Waals surface area contributed by atoms with Crippen molar-refractivity contribution in [3.63, 3.8) is 0 Å². The summed E-state index contributed by atoms with van der Waals surface area (Å²) < 4.78 is 26.4. The molecule has 0 aliphatic carbocycles. The minimum absolute atomic E-state index is 0.867. The van der Waals surface area contributed by atoms with Crippen molar-refractivity contribution in [3.05, 3.63) is 28.8 Å². The Bertz CT molecular complexity index is 441. The van der Waals surface area contributed by atoms with Crippen LogP contribution in [-0.2, 0) is 13.7 Å². The zero-order valence-corrected chi connectivity index (χ0v) is 10.8. The smallest absolute Gasteiger partial charge is 0.199 e. The third-order valence-corrected chi connectivity index (χ3v) is 3.92. The molecule has 0 amide bonds. The first-order valence-electron chi connectivity index (χ1n) is 4.43. The van der Waals surface area contributed by atoms with Gasteiger partial charge in [0, 0.05) is 4.90 Å². The number of hydrogen-bond donors (Lipinski definition) is 0. The maximum Gasteiger partial charge on any atom is 0.275 e. The van der Waals surface area contributed by atoms with Crippen molar-refractivity contribution < 1.29 is 12.0 Å². The Morgan fingerprint density at radius 2 is 1.60 bits per heavy atom. The average molecular weight is 246 g/mol. The molecule has 0 saturated heterocycles. The van der Waals surface area contributed by atoms with Gasteiger partial charge < -0.3 is 0 Å². The predicted molar refractivity (Wildman–Crippen MR) is 62.4 cm³/mol. The van der Waals surface area contributed by atoms with Crippen molar-refractivity contribution in [2.45, 2.75) is 25.7 Å². The summed E-state index contributed by atoms with van der Waals surface area (Å²) in [5.74, 6) is 0. The molecule has 1 aromatic carbocycles. The van der Waals surface area contributed by atoms with Crippen LogP contribution in [0.2, 0.25) is 0 Å². The minimum atomic E-state index is -3.40. The van der Waals surface area contributed by atoms with E-state index in [0.29, 0.717) is 0 Å². The van der Waals surface area contributed by atoms with Gasteiger partial charge in [0.05, 0.1) is 18.3 Å². The fourth-order valence-electron chi connectivity index (χ4n) is 1.39. The van der Waals surface area contributed by atoms with Crippen LogP contribution in [0.15, 0.2) is 17.0 Å². The Balaban J connectivity index is 2.96. The molecular formula is C10H14O3S2. The Morgan fingerprint density at radius 3 is 2.00 bits per heavy atom. The predicted octanol–water partition coefficient (Wildman–Crippen LogP) is 2.60. The Hall–Kier alpha value is -0.520. The number of aryl methyl sites for hydroxylation is 3. The maximum atomic E-state index is 10.9. The van der Waals surface area contributed by atoms with Crippen molar-refractivity contribution in [1.82, 2.24) is 0 Å². The van der Waals surface area contributed by atoms with E-state index in [9.17, 15) is 8.42 Å². The van der Waals surface area contributed by atoms with E-state index >= 15 is 0 Å². The molecule has 0 N–H and O–H groups in total. The van der Waals surface area contributed by atoms with Gasteiger partial charge in [0.15, 0.2) is 0 Å². The van der Waals surface area contributed by atoms with Gasteiger partial charge in [0.25, 0.3) is 10.1 Å². The lowest BCUT2D eigenvalue weighted by Crippen LogP contribution is -1.97. The van der Waals surface area contributed by atoms with Gasteiger partial charge in [0.1, 0.15) is 0 Å². The van der Waals surface area contributed by atoms with Crippen molar-refractivity contribution in [2.24, 2.45) is 0 Å². The van der Waals surface area contributed by atoms with E-state index in [1.807, 2.05) is 32.9 Å². The normalized spacial score (nSPS) is 11.7. The van der Waals surface area contributed by atoms with Crippen LogP contribution in [0.1, 0.15) is 16.7 Å². The molecular weight excluding hydrogens is 232 g/mol. The standard InChI is InChI=1S/C10H14O3S2/c1-7-5-8(2)10(9(3)6-7)14-13-15(4,11)12/h5-6H,1-4H3.